The van der Waals surface area contributed by atoms with Crippen LogP contribution in [0, 0.1) is 13.8 Å². The van der Waals surface area contributed by atoms with Crippen molar-refractivity contribution in [3.63, 3.8) is 0 Å². The first-order chi connectivity index (χ1) is 13.6. The van der Waals surface area contributed by atoms with Crippen LogP contribution in [-0.4, -0.2) is 20.8 Å². The average molecular weight is 374 g/mol. The van der Waals surface area contributed by atoms with Crippen molar-refractivity contribution in [1.82, 2.24) is 0 Å². The minimum atomic E-state index is 0.224. The van der Waals surface area contributed by atoms with Crippen LogP contribution < -0.4 is 14.2 Å². The van der Waals surface area contributed by atoms with E-state index in [1.54, 1.807) is 14.2 Å². The van der Waals surface area contributed by atoms with E-state index in [1.165, 1.54) is 27.8 Å². The zero-order chi connectivity index (χ0) is 19.7. The SMILES string of the molecule is COc1ccc(C2COc3c(ccc(C)c3C)C2c2ccc(OC)cc2)cc1. The Kier molecular flexibility index (Phi) is 4.99. The van der Waals surface area contributed by atoms with Gasteiger partial charge in [-0.15, -0.1) is 0 Å². The molecule has 0 saturated carbocycles. The van der Waals surface area contributed by atoms with Crippen molar-refractivity contribution in [3.8, 4) is 17.2 Å². The molecule has 3 heteroatoms. The fraction of sp³-hybridized carbons (Fsp3) is 0.280. The molecule has 0 bridgehead atoms. The summed E-state index contributed by atoms with van der Waals surface area (Å²) >= 11 is 0. The van der Waals surface area contributed by atoms with Crippen molar-refractivity contribution < 1.29 is 14.2 Å². The van der Waals surface area contributed by atoms with Gasteiger partial charge in [-0.3, -0.25) is 0 Å². The van der Waals surface area contributed by atoms with Gasteiger partial charge in [0.05, 0.1) is 20.8 Å². The highest BCUT2D eigenvalue weighted by atomic mass is 16.5. The van der Waals surface area contributed by atoms with Crippen LogP contribution in [0.4, 0.5) is 0 Å². The summed E-state index contributed by atoms with van der Waals surface area (Å²) in [5.41, 5.74) is 6.26. The van der Waals surface area contributed by atoms with Crippen LogP contribution in [0.15, 0.2) is 60.7 Å². The Bertz CT molecular complexity index is 958. The van der Waals surface area contributed by atoms with Gasteiger partial charge in [-0.1, -0.05) is 36.4 Å². The molecular formula is C25H26O3. The molecule has 3 aromatic rings. The topological polar surface area (TPSA) is 27.7 Å². The van der Waals surface area contributed by atoms with Gasteiger partial charge in [-0.2, -0.15) is 0 Å². The number of aryl methyl sites for hydroxylation is 1. The molecule has 0 aliphatic carbocycles. The molecule has 3 nitrogen and oxygen atoms in total. The van der Waals surface area contributed by atoms with Crippen molar-refractivity contribution in [2.45, 2.75) is 25.7 Å². The van der Waals surface area contributed by atoms with Crippen LogP contribution in [0.1, 0.15) is 39.7 Å². The highest BCUT2D eigenvalue weighted by Gasteiger charge is 2.34. The molecule has 4 rings (SSSR count). The van der Waals surface area contributed by atoms with Gasteiger partial charge in [-0.05, 0) is 60.4 Å². The second-order valence-electron chi connectivity index (χ2n) is 7.37. The minimum absolute atomic E-state index is 0.224. The highest BCUT2D eigenvalue weighted by Crippen LogP contribution is 2.48. The predicted octanol–water partition coefficient (Wildman–Crippen LogP) is 5.63. The van der Waals surface area contributed by atoms with Gasteiger partial charge >= 0.3 is 0 Å². The Morgan fingerprint density at radius 2 is 1.32 bits per heavy atom. The lowest BCUT2D eigenvalue weighted by molar-refractivity contribution is 0.247. The van der Waals surface area contributed by atoms with Crippen molar-refractivity contribution in [2.75, 3.05) is 20.8 Å². The van der Waals surface area contributed by atoms with E-state index >= 15 is 0 Å². The summed E-state index contributed by atoms with van der Waals surface area (Å²) in [6.45, 7) is 4.93. The third-order valence-electron chi connectivity index (χ3n) is 5.87. The smallest absolute Gasteiger partial charge is 0.126 e. The van der Waals surface area contributed by atoms with Crippen molar-refractivity contribution >= 4 is 0 Å². The second-order valence-corrected chi connectivity index (χ2v) is 7.37. The number of ether oxygens (including phenoxy) is 3. The largest absolute Gasteiger partial charge is 0.497 e. The van der Waals surface area contributed by atoms with Gasteiger partial charge in [0.15, 0.2) is 0 Å². The summed E-state index contributed by atoms with van der Waals surface area (Å²) in [4.78, 5) is 0. The van der Waals surface area contributed by atoms with Crippen molar-refractivity contribution in [2.24, 2.45) is 0 Å². The number of hydrogen-bond acceptors (Lipinski definition) is 3. The van der Waals surface area contributed by atoms with Crippen LogP contribution in [-0.2, 0) is 0 Å². The summed E-state index contributed by atoms with van der Waals surface area (Å²) in [7, 11) is 3.39. The van der Waals surface area contributed by atoms with E-state index in [-0.39, 0.29) is 11.8 Å². The van der Waals surface area contributed by atoms with Crippen LogP contribution in [0.25, 0.3) is 0 Å². The summed E-state index contributed by atoms with van der Waals surface area (Å²) in [5.74, 6) is 3.23. The Balaban J connectivity index is 1.83. The Labute approximate surface area is 166 Å². The van der Waals surface area contributed by atoms with Crippen molar-refractivity contribution in [1.29, 1.82) is 0 Å². The zero-order valence-electron chi connectivity index (χ0n) is 16.9. The molecule has 0 spiro atoms. The summed E-state index contributed by atoms with van der Waals surface area (Å²) in [5, 5.41) is 0. The lowest BCUT2D eigenvalue weighted by Gasteiger charge is -2.35. The van der Waals surface area contributed by atoms with Gasteiger partial charge in [0.25, 0.3) is 0 Å². The van der Waals surface area contributed by atoms with Gasteiger partial charge in [-0.25, -0.2) is 0 Å². The van der Waals surface area contributed by atoms with E-state index in [9.17, 15) is 0 Å². The first-order valence-electron chi connectivity index (χ1n) is 9.63. The summed E-state index contributed by atoms with van der Waals surface area (Å²) < 4.78 is 17.0. The van der Waals surface area contributed by atoms with E-state index < -0.39 is 0 Å². The second kappa shape index (κ2) is 7.59. The number of methoxy groups -OCH3 is 2. The van der Waals surface area contributed by atoms with Gasteiger partial charge < -0.3 is 14.2 Å². The predicted molar refractivity (Wildman–Crippen MR) is 112 cm³/mol. The monoisotopic (exact) mass is 374 g/mol. The molecule has 0 radical (unpaired) electrons. The summed E-state index contributed by atoms with van der Waals surface area (Å²) in [6, 6.07) is 21.2. The quantitative estimate of drug-likeness (QED) is 0.592. The molecule has 0 fully saturated rings. The van der Waals surface area contributed by atoms with E-state index in [1.807, 2.05) is 24.3 Å². The standard InChI is InChI=1S/C25H26O3/c1-16-5-14-22-24(19-8-12-21(27-4)13-9-19)23(15-28-25(22)17(16)2)18-6-10-20(26-3)11-7-18/h5-14,23-24H,15H2,1-4H3. The first kappa shape index (κ1) is 18.4. The van der Waals surface area contributed by atoms with Gasteiger partial charge in [0.2, 0.25) is 0 Å². The number of fused-ring (bicyclic) bond motifs is 1. The van der Waals surface area contributed by atoms with Gasteiger partial charge in [0, 0.05) is 17.4 Å². The number of hydrogen-bond donors (Lipinski definition) is 0. The highest BCUT2D eigenvalue weighted by molar-refractivity contribution is 5.54. The van der Waals surface area contributed by atoms with Crippen LogP contribution in [0.3, 0.4) is 0 Å². The van der Waals surface area contributed by atoms with E-state index in [0.29, 0.717) is 6.61 Å². The maximum Gasteiger partial charge on any atom is 0.126 e. The summed E-state index contributed by atoms with van der Waals surface area (Å²) in [6.07, 6.45) is 0. The maximum atomic E-state index is 6.30. The number of benzene rings is 3. The van der Waals surface area contributed by atoms with Gasteiger partial charge in [0.1, 0.15) is 17.2 Å². The molecular weight excluding hydrogens is 348 g/mol. The molecule has 0 aromatic heterocycles. The minimum Gasteiger partial charge on any atom is -0.497 e. The van der Waals surface area contributed by atoms with Crippen molar-refractivity contribution in [3.05, 3.63) is 88.5 Å². The van der Waals surface area contributed by atoms with Crippen LogP contribution in [0.5, 0.6) is 17.2 Å². The molecule has 1 heterocycles. The third kappa shape index (κ3) is 3.22. The number of rotatable bonds is 4. The fourth-order valence-electron chi connectivity index (χ4n) is 4.10. The Morgan fingerprint density at radius 1 is 0.750 bits per heavy atom. The van der Waals surface area contributed by atoms with Crippen LogP contribution >= 0.6 is 0 Å². The van der Waals surface area contributed by atoms with E-state index in [2.05, 4.69) is 50.2 Å². The molecule has 2 atom stereocenters. The third-order valence-corrected chi connectivity index (χ3v) is 5.87. The maximum absolute atomic E-state index is 6.30. The molecule has 1 aliphatic rings. The van der Waals surface area contributed by atoms with E-state index in [4.69, 9.17) is 14.2 Å². The zero-order valence-corrected chi connectivity index (χ0v) is 16.9. The molecule has 144 valence electrons. The van der Waals surface area contributed by atoms with E-state index in [0.717, 1.165) is 17.2 Å². The molecule has 0 saturated heterocycles. The lowest BCUT2D eigenvalue weighted by Crippen LogP contribution is -2.26. The molecule has 0 amide bonds. The Morgan fingerprint density at radius 3 is 1.89 bits per heavy atom. The molecule has 2 unspecified atom stereocenters. The first-order valence-corrected chi connectivity index (χ1v) is 9.63. The normalized spacial score (nSPS) is 18.1. The lowest BCUT2D eigenvalue weighted by atomic mass is 9.75. The van der Waals surface area contributed by atoms with Crippen LogP contribution in [0.2, 0.25) is 0 Å². The molecule has 0 N–H and O–H groups in total. The Hall–Kier alpha value is -2.94. The molecule has 28 heavy (non-hydrogen) atoms. The molecule has 1 aliphatic heterocycles. The fourth-order valence-corrected chi connectivity index (χ4v) is 4.10. The average Bonchev–Trinajstić information content (AvgIpc) is 2.76. The molecule has 3 aromatic carbocycles.